The number of aryl methyl sites for hydroxylation is 1. The summed E-state index contributed by atoms with van der Waals surface area (Å²) in [6.07, 6.45) is 3.10. The zero-order valence-corrected chi connectivity index (χ0v) is 21.0. The number of anilines is 1. The minimum atomic E-state index is -0.968. The van der Waals surface area contributed by atoms with E-state index in [9.17, 15) is 14.7 Å². The van der Waals surface area contributed by atoms with Crippen LogP contribution < -0.4 is 10.2 Å². The molecule has 2 heterocycles. The molecule has 32 heavy (non-hydrogen) atoms. The molecule has 1 aliphatic heterocycles. The second-order valence-electron chi connectivity index (χ2n) is 7.92. The predicted molar refractivity (Wildman–Crippen MR) is 129 cm³/mol. The minimum absolute atomic E-state index is 0.184. The number of rotatable bonds is 10. The third-order valence-corrected chi connectivity index (χ3v) is 7.05. The lowest BCUT2D eigenvalue weighted by Crippen LogP contribution is -2.56. The number of piperidine rings is 1. The van der Waals surface area contributed by atoms with Crippen molar-refractivity contribution < 1.29 is 19.4 Å². The monoisotopic (exact) mass is 484 g/mol. The summed E-state index contributed by atoms with van der Waals surface area (Å²) in [5.74, 6) is -1.24. The van der Waals surface area contributed by atoms with Gasteiger partial charge in [0.05, 0.1) is 17.8 Å². The fourth-order valence-electron chi connectivity index (χ4n) is 3.23. The SMILES string of the molecule is CCCCO[C@H]1CN(c2nc(C)c(C(=O)O)s2)CC[C@H]1NC(=O)C(C)=N/C(Cl)=C(\C)CC. The van der Waals surface area contributed by atoms with Gasteiger partial charge in [0.15, 0.2) is 5.13 Å². The standard InChI is InChI=1S/C22H33ClN4O4S/c1-6-8-11-31-17-12-27(22-25-14(4)18(32-22)21(29)30)10-9-16(17)26-20(28)15(5)24-19(23)13(3)7-2/h16-17H,6-12H2,1-5H3,(H,26,28)(H,29,30)/b19-13+,24-15?/t16-,17+/m1/s1. The highest BCUT2D eigenvalue weighted by atomic mass is 35.5. The van der Waals surface area contributed by atoms with Gasteiger partial charge in [-0.2, -0.15) is 0 Å². The van der Waals surface area contributed by atoms with Gasteiger partial charge in [-0.25, -0.2) is 14.8 Å². The van der Waals surface area contributed by atoms with Crippen molar-refractivity contribution in [2.75, 3.05) is 24.6 Å². The Balaban J connectivity index is 2.13. The Labute approximate surface area is 198 Å². The Morgan fingerprint density at radius 2 is 2.09 bits per heavy atom. The lowest BCUT2D eigenvalue weighted by molar-refractivity contribution is -0.117. The molecule has 0 aliphatic carbocycles. The highest BCUT2D eigenvalue weighted by Gasteiger charge is 2.33. The number of carboxylic acid groups (broad SMARTS) is 1. The Kier molecular flexibility index (Phi) is 10.1. The molecule has 0 aromatic carbocycles. The molecule has 0 spiro atoms. The van der Waals surface area contributed by atoms with Crippen LogP contribution in [0.25, 0.3) is 0 Å². The number of allylic oxidation sites excluding steroid dienone is 1. The number of aliphatic imine (C=N–C) groups is 1. The molecular weight excluding hydrogens is 452 g/mol. The van der Waals surface area contributed by atoms with Crippen LogP contribution in [0.2, 0.25) is 0 Å². The van der Waals surface area contributed by atoms with Crippen molar-refractivity contribution in [3.63, 3.8) is 0 Å². The first kappa shape index (κ1) is 26.3. The number of carbonyl (C=O) groups is 2. The topological polar surface area (TPSA) is 104 Å². The quantitative estimate of drug-likeness (QED) is 0.290. The summed E-state index contributed by atoms with van der Waals surface area (Å²) in [7, 11) is 0. The highest BCUT2D eigenvalue weighted by molar-refractivity contribution is 7.17. The Hall–Kier alpha value is -1.97. The average molecular weight is 485 g/mol. The van der Waals surface area contributed by atoms with Crippen LogP contribution >= 0.6 is 22.9 Å². The van der Waals surface area contributed by atoms with Crippen molar-refractivity contribution >= 4 is 45.7 Å². The van der Waals surface area contributed by atoms with E-state index in [0.717, 1.165) is 24.8 Å². The molecule has 1 fully saturated rings. The van der Waals surface area contributed by atoms with Crippen LogP contribution in [0, 0.1) is 6.92 Å². The van der Waals surface area contributed by atoms with Crippen LogP contribution in [0.5, 0.6) is 0 Å². The molecule has 8 nitrogen and oxygen atoms in total. The number of aromatic carboxylic acids is 1. The van der Waals surface area contributed by atoms with Gasteiger partial charge in [-0.1, -0.05) is 43.2 Å². The van der Waals surface area contributed by atoms with Gasteiger partial charge in [-0.3, -0.25) is 4.79 Å². The Bertz CT molecular complexity index is 883. The van der Waals surface area contributed by atoms with Crippen LogP contribution in [0.3, 0.4) is 0 Å². The molecule has 0 unspecified atom stereocenters. The molecule has 0 saturated carbocycles. The lowest BCUT2D eigenvalue weighted by atomic mass is 10.0. The van der Waals surface area contributed by atoms with Gasteiger partial charge in [0.1, 0.15) is 15.7 Å². The first-order valence-corrected chi connectivity index (χ1v) is 12.2. The van der Waals surface area contributed by atoms with Crippen LogP contribution in [-0.4, -0.2) is 59.5 Å². The molecule has 0 bridgehead atoms. The first-order chi connectivity index (χ1) is 15.2. The van der Waals surface area contributed by atoms with Crippen LogP contribution in [0.1, 0.15) is 68.7 Å². The first-order valence-electron chi connectivity index (χ1n) is 11.0. The average Bonchev–Trinajstić information content (AvgIpc) is 3.16. The molecule has 2 atom stereocenters. The van der Waals surface area contributed by atoms with Gasteiger partial charge in [-0.05, 0) is 45.6 Å². The van der Waals surface area contributed by atoms with Crippen LogP contribution in [0.15, 0.2) is 15.7 Å². The number of thiazole rings is 1. The number of nitrogens with zero attached hydrogens (tertiary/aromatic N) is 3. The van der Waals surface area contributed by atoms with E-state index < -0.39 is 5.97 Å². The second-order valence-corrected chi connectivity index (χ2v) is 9.25. The van der Waals surface area contributed by atoms with E-state index in [-0.39, 0.29) is 22.9 Å². The van der Waals surface area contributed by atoms with Crippen molar-refractivity contribution in [1.29, 1.82) is 0 Å². The molecule has 10 heteroatoms. The number of hydrogen-bond donors (Lipinski definition) is 2. The molecule has 1 aromatic rings. The third-order valence-electron chi connectivity index (χ3n) is 5.43. The number of amides is 1. The number of hydrogen-bond acceptors (Lipinski definition) is 7. The largest absolute Gasteiger partial charge is 0.477 e. The van der Waals surface area contributed by atoms with Crippen molar-refractivity contribution in [3.8, 4) is 0 Å². The Morgan fingerprint density at radius 3 is 2.69 bits per heavy atom. The zero-order valence-electron chi connectivity index (χ0n) is 19.4. The molecule has 1 aromatic heterocycles. The summed E-state index contributed by atoms with van der Waals surface area (Å²) in [6.45, 7) is 11.1. The van der Waals surface area contributed by atoms with Crippen molar-refractivity contribution in [3.05, 3.63) is 21.3 Å². The fourth-order valence-corrected chi connectivity index (χ4v) is 4.43. The van der Waals surface area contributed by atoms with E-state index in [4.69, 9.17) is 16.3 Å². The Morgan fingerprint density at radius 1 is 1.38 bits per heavy atom. The number of carboxylic acids is 1. The highest BCUT2D eigenvalue weighted by Crippen LogP contribution is 2.29. The van der Waals surface area contributed by atoms with Crippen molar-refractivity contribution in [2.24, 2.45) is 4.99 Å². The zero-order chi connectivity index (χ0) is 23.8. The third kappa shape index (κ3) is 7.02. The van der Waals surface area contributed by atoms with Gasteiger partial charge in [0.2, 0.25) is 0 Å². The number of aromatic nitrogens is 1. The molecular formula is C22H33ClN4O4S. The number of carbonyl (C=O) groups excluding carboxylic acids is 1. The summed E-state index contributed by atoms with van der Waals surface area (Å²) < 4.78 is 6.12. The minimum Gasteiger partial charge on any atom is -0.477 e. The van der Waals surface area contributed by atoms with Gasteiger partial charge >= 0.3 is 5.97 Å². The smallest absolute Gasteiger partial charge is 0.347 e. The molecule has 2 N–H and O–H groups in total. The molecule has 178 valence electrons. The van der Waals surface area contributed by atoms with E-state index in [1.165, 1.54) is 11.3 Å². The lowest BCUT2D eigenvalue weighted by Gasteiger charge is -2.38. The van der Waals surface area contributed by atoms with E-state index in [0.29, 0.717) is 47.8 Å². The summed E-state index contributed by atoms with van der Waals surface area (Å²) in [5, 5.41) is 13.4. The van der Waals surface area contributed by atoms with Crippen LogP contribution in [0.4, 0.5) is 5.13 Å². The van der Waals surface area contributed by atoms with E-state index in [1.807, 2.05) is 18.7 Å². The number of ether oxygens (including phenoxy) is 1. The summed E-state index contributed by atoms with van der Waals surface area (Å²) in [6, 6.07) is -0.184. The maximum absolute atomic E-state index is 12.7. The maximum Gasteiger partial charge on any atom is 0.347 e. The molecule has 2 rings (SSSR count). The van der Waals surface area contributed by atoms with Crippen LogP contribution in [-0.2, 0) is 9.53 Å². The van der Waals surface area contributed by atoms with Gasteiger partial charge < -0.3 is 20.1 Å². The van der Waals surface area contributed by atoms with E-state index in [2.05, 4.69) is 22.2 Å². The summed E-state index contributed by atoms with van der Waals surface area (Å²) in [4.78, 5) is 35.1. The number of halogens is 1. The normalized spacial score (nSPS) is 20.2. The van der Waals surface area contributed by atoms with Crippen molar-refractivity contribution in [1.82, 2.24) is 10.3 Å². The molecule has 1 amide bonds. The molecule has 1 aliphatic rings. The summed E-state index contributed by atoms with van der Waals surface area (Å²) >= 11 is 7.35. The van der Waals surface area contributed by atoms with E-state index in [1.54, 1.807) is 13.8 Å². The van der Waals surface area contributed by atoms with Gasteiger partial charge in [0.25, 0.3) is 5.91 Å². The van der Waals surface area contributed by atoms with Gasteiger partial charge in [0, 0.05) is 19.7 Å². The number of nitrogens with one attached hydrogen (secondary N) is 1. The van der Waals surface area contributed by atoms with Crippen molar-refractivity contribution in [2.45, 2.75) is 72.4 Å². The molecule has 1 saturated heterocycles. The predicted octanol–water partition coefficient (Wildman–Crippen LogP) is 4.37. The second kappa shape index (κ2) is 12.3. The summed E-state index contributed by atoms with van der Waals surface area (Å²) in [5.41, 5.74) is 1.74. The fraction of sp³-hybridized carbons (Fsp3) is 0.636. The molecule has 0 radical (unpaired) electrons. The number of unbranched alkanes of at least 4 members (excludes halogenated alkanes) is 1. The van der Waals surface area contributed by atoms with E-state index >= 15 is 0 Å². The van der Waals surface area contributed by atoms with Gasteiger partial charge in [-0.15, -0.1) is 0 Å². The maximum atomic E-state index is 12.7.